The Bertz CT molecular complexity index is 697. The van der Waals surface area contributed by atoms with Crippen molar-refractivity contribution in [2.75, 3.05) is 5.32 Å². The van der Waals surface area contributed by atoms with Crippen LogP contribution in [0.25, 0.3) is 11.4 Å². The van der Waals surface area contributed by atoms with Gasteiger partial charge in [-0.15, -0.1) is 0 Å². The number of pyridine rings is 1. The van der Waals surface area contributed by atoms with Gasteiger partial charge in [0.05, 0.1) is 30.3 Å². The third kappa shape index (κ3) is 3.64. The number of halogens is 1. The minimum atomic E-state index is 0.640. The molecule has 104 valence electrons. The van der Waals surface area contributed by atoms with Gasteiger partial charge in [0.15, 0.2) is 5.82 Å². The van der Waals surface area contributed by atoms with Crippen LogP contribution in [-0.4, -0.2) is 15.0 Å². The van der Waals surface area contributed by atoms with E-state index in [9.17, 15) is 0 Å². The van der Waals surface area contributed by atoms with E-state index in [-0.39, 0.29) is 0 Å². The first kappa shape index (κ1) is 13.7. The van der Waals surface area contributed by atoms with Gasteiger partial charge >= 0.3 is 0 Å². The standard InChI is InChI=1S/C16H13BrN4/c17-13-6-7-14(18-8-13)9-19-15-10-20-16(21-11-15)12-4-2-1-3-5-12/h1-8,10-11,19H,9H2. The Morgan fingerprint density at radius 3 is 2.29 bits per heavy atom. The maximum atomic E-state index is 4.37. The highest BCUT2D eigenvalue weighted by atomic mass is 79.9. The number of nitrogens with zero attached hydrogens (tertiary/aromatic N) is 3. The molecule has 0 saturated heterocycles. The molecular weight excluding hydrogens is 328 g/mol. The molecule has 0 amide bonds. The van der Waals surface area contributed by atoms with E-state index in [1.807, 2.05) is 42.5 Å². The zero-order chi connectivity index (χ0) is 14.5. The summed E-state index contributed by atoms with van der Waals surface area (Å²) in [7, 11) is 0. The van der Waals surface area contributed by atoms with Gasteiger partial charge in [-0.3, -0.25) is 4.98 Å². The Balaban J connectivity index is 1.66. The van der Waals surface area contributed by atoms with Gasteiger partial charge in [0.25, 0.3) is 0 Å². The first-order valence-corrected chi connectivity index (χ1v) is 7.32. The summed E-state index contributed by atoms with van der Waals surface area (Å²) in [6, 6.07) is 13.9. The van der Waals surface area contributed by atoms with E-state index in [0.29, 0.717) is 6.54 Å². The molecule has 0 aliphatic rings. The molecule has 0 unspecified atom stereocenters. The highest BCUT2D eigenvalue weighted by Gasteiger charge is 2.01. The van der Waals surface area contributed by atoms with Gasteiger partial charge in [-0.05, 0) is 28.1 Å². The Kier molecular flexibility index (Phi) is 4.21. The molecule has 1 N–H and O–H groups in total. The molecule has 21 heavy (non-hydrogen) atoms. The van der Waals surface area contributed by atoms with Crippen molar-refractivity contribution in [1.29, 1.82) is 0 Å². The number of hydrogen-bond acceptors (Lipinski definition) is 4. The molecule has 0 spiro atoms. The van der Waals surface area contributed by atoms with E-state index >= 15 is 0 Å². The molecule has 3 rings (SSSR count). The van der Waals surface area contributed by atoms with Crippen LogP contribution in [0.4, 0.5) is 5.69 Å². The Labute approximate surface area is 131 Å². The third-order valence-corrected chi connectivity index (χ3v) is 3.42. The Hall–Kier alpha value is -2.27. The molecule has 0 saturated carbocycles. The van der Waals surface area contributed by atoms with Gasteiger partial charge in [-0.25, -0.2) is 9.97 Å². The fourth-order valence-corrected chi connectivity index (χ4v) is 2.09. The van der Waals surface area contributed by atoms with Crippen molar-refractivity contribution >= 4 is 21.6 Å². The van der Waals surface area contributed by atoms with Crippen molar-refractivity contribution < 1.29 is 0 Å². The van der Waals surface area contributed by atoms with Gasteiger partial charge in [-0.2, -0.15) is 0 Å². The molecule has 3 aromatic rings. The molecule has 0 radical (unpaired) electrons. The average Bonchev–Trinajstić information content (AvgIpc) is 2.56. The summed E-state index contributed by atoms with van der Waals surface area (Å²) in [4.78, 5) is 13.1. The normalized spacial score (nSPS) is 10.3. The predicted molar refractivity (Wildman–Crippen MR) is 86.7 cm³/mol. The van der Waals surface area contributed by atoms with Gasteiger partial charge in [-0.1, -0.05) is 30.3 Å². The third-order valence-electron chi connectivity index (χ3n) is 2.95. The molecular formula is C16H13BrN4. The summed E-state index contributed by atoms with van der Waals surface area (Å²) in [6.07, 6.45) is 5.36. The molecule has 0 aliphatic heterocycles. The van der Waals surface area contributed by atoms with Crippen LogP contribution in [0, 0.1) is 0 Å². The number of hydrogen-bond donors (Lipinski definition) is 1. The Morgan fingerprint density at radius 1 is 0.857 bits per heavy atom. The predicted octanol–water partition coefficient (Wildman–Crippen LogP) is 3.91. The lowest BCUT2D eigenvalue weighted by atomic mass is 10.2. The van der Waals surface area contributed by atoms with Crippen LogP contribution in [0.15, 0.2) is 65.5 Å². The van der Waals surface area contributed by atoms with E-state index in [4.69, 9.17) is 0 Å². The molecule has 2 aromatic heterocycles. The number of benzene rings is 1. The topological polar surface area (TPSA) is 50.7 Å². The summed E-state index contributed by atoms with van der Waals surface area (Å²) in [5.41, 5.74) is 2.85. The highest BCUT2D eigenvalue weighted by molar-refractivity contribution is 9.10. The van der Waals surface area contributed by atoms with Crippen molar-refractivity contribution in [2.24, 2.45) is 0 Å². The maximum absolute atomic E-state index is 4.37. The lowest BCUT2D eigenvalue weighted by Crippen LogP contribution is -2.02. The molecule has 0 aliphatic carbocycles. The number of rotatable bonds is 4. The van der Waals surface area contributed by atoms with Crippen molar-refractivity contribution in [3.05, 3.63) is 71.2 Å². The van der Waals surface area contributed by atoms with Crippen molar-refractivity contribution in [3.63, 3.8) is 0 Å². The van der Waals surface area contributed by atoms with Crippen LogP contribution in [0.1, 0.15) is 5.69 Å². The van der Waals surface area contributed by atoms with Crippen molar-refractivity contribution in [1.82, 2.24) is 15.0 Å². The number of anilines is 1. The SMILES string of the molecule is Brc1ccc(CNc2cnc(-c3ccccc3)nc2)nc1. The highest BCUT2D eigenvalue weighted by Crippen LogP contribution is 2.15. The fourth-order valence-electron chi connectivity index (χ4n) is 1.86. The molecule has 5 heteroatoms. The number of aromatic nitrogens is 3. The largest absolute Gasteiger partial charge is 0.377 e. The smallest absolute Gasteiger partial charge is 0.159 e. The van der Waals surface area contributed by atoms with Gasteiger partial charge in [0.2, 0.25) is 0 Å². The van der Waals surface area contributed by atoms with Gasteiger partial charge < -0.3 is 5.32 Å². The second kappa shape index (κ2) is 6.45. The van der Waals surface area contributed by atoms with Crippen LogP contribution >= 0.6 is 15.9 Å². The van der Waals surface area contributed by atoms with Gasteiger partial charge in [0, 0.05) is 16.2 Å². The monoisotopic (exact) mass is 340 g/mol. The molecule has 0 fully saturated rings. The quantitative estimate of drug-likeness (QED) is 0.782. The summed E-state index contributed by atoms with van der Waals surface area (Å²) in [5, 5.41) is 3.26. The zero-order valence-electron chi connectivity index (χ0n) is 11.2. The van der Waals surface area contributed by atoms with E-state index < -0.39 is 0 Å². The second-order valence-corrected chi connectivity index (χ2v) is 5.40. The minimum Gasteiger partial charge on any atom is -0.377 e. The molecule has 2 heterocycles. The van der Waals surface area contributed by atoms with E-state index in [1.165, 1.54) is 0 Å². The maximum Gasteiger partial charge on any atom is 0.159 e. The summed E-state index contributed by atoms with van der Waals surface area (Å²) in [6.45, 7) is 0.640. The van der Waals surface area contributed by atoms with E-state index in [1.54, 1.807) is 18.6 Å². The molecule has 0 bridgehead atoms. The lowest BCUT2D eigenvalue weighted by Gasteiger charge is -2.06. The summed E-state index contributed by atoms with van der Waals surface area (Å²) >= 11 is 3.37. The second-order valence-electron chi connectivity index (χ2n) is 4.48. The Morgan fingerprint density at radius 2 is 1.62 bits per heavy atom. The van der Waals surface area contributed by atoms with Crippen LogP contribution < -0.4 is 5.32 Å². The zero-order valence-corrected chi connectivity index (χ0v) is 12.8. The number of nitrogens with one attached hydrogen (secondary N) is 1. The summed E-state index contributed by atoms with van der Waals surface area (Å²) in [5.74, 6) is 0.725. The van der Waals surface area contributed by atoms with E-state index in [0.717, 1.165) is 27.2 Å². The van der Waals surface area contributed by atoms with Crippen molar-refractivity contribution in [3.8, 4) is 11.4 Å². The van der Waals surface area contributed by atoms with Crippen molar-refractivity contribution in [2.45, 2.75) is 6.54 Å². The van der Waals surface area contributed by atoms with Crippen LogP contribution in [0.3, 0.4) is 0 Å². The lowest BCUT2D eigenvalue weighted by molar-refractivity contribution is 1.03. The molecule has 1 aromatic carbocycles. The van der Waals surface area contributed by atoms with Crippen LogP contribution in [0.5, 0.6) is 0 Å². The average molecular weight is 341 g/mol. The van der Waals surface area contributed by atoms with Gasteiger partial charge in [0.1, 0.15) is 0 Å². The summed E-state index contributed by atoms with van der Waals surface area (Å²) < 4.78 is 0.974. The van der Waals surface area contributed by atoms with Crippen LogP contribution in [-0.2, 0) is 6.54 Å². The van der Waals surface area contributed by atoms with E-state index in [2.05, 4.69) is 36.2 Å². The molecule has 0 atom stereocenters. The minimum absolute atomic E-state index is 0.640. The molecule has 4 nitrogen and oxygen atoms in total. The fraction of sp³-hybridized carbons (Fsp3) is 0.0625. The van der Waals surface area contributed by atoms with Crippen LogP contribution in [0.2, 0.25) is 0 Å². The first-order chi connectivity index (χ1) is 10.3. The first-order valence-electron chi connectivity index (χ1n) is 6.53.